The number of sulfonamides is 1. The molecular weight excluding hydrogens is 460 g/mol. The molecule has 1 amide bonds. The van der Waals surface area contributed by atoms with Crippen LogP contribution in [0.3, 0.4) is 0 Å². The third kappa shape index (κ3) is 5.58. The van der Waals surface area contributed by atoms with Crippen LogP contribution < -0.4 is 9.62 Å². The Hall–Kier alpha value is -2.80. The summed E-state index contributed by atoms with van der Waals surface area (Å²) >= 11 is 0. The Morgan fingerprint density at radius 3 is 2.67 bits per heavy atom. The number of hydrogen-bond donors (Lipinski definition) is 2. The van der Waals surface area contributed by atoms with Crippen molar-refractivity contribution in [3.63, 3.8) is 0 Å². The zero-order valence-electron chi connectivity index (χ0n) is 18.7. The summed E-state index contributed by atoms with van der Waals surface area (Å²) in [6.07, 6.45) is 1.72. The molecule has 0 aliphatic carbocycles. The topological polar surface area (TPSA) is 127 Å². The molecular formula is C20H27F2N5O5S. The van der Waals surface area contributed by atoms with Crippen molar-refractivity contribution in [3.8, 4) is 0 Å². The van der Waals surface area contributed by atoms with Gasteiger partial charge in [0.05, 0.1) is 41.8 Å². The Morgan fingerprint density at radius 2 is 2.09 bits per heavy atom. The molecule has 0 aromatic carbocycles. The summed E-state index contributed by atoms with van der Waals surface area (Å²) in [5.74, 6) is -0.444. The molecule has 0 unspecified atom stereocenters. The van der Waals surface area contributed by atoms with Crippen LogP contribution in [0.1, 0.15) is 38.7 Å². The number of halogens is 2. The number of hydrogen-bond acceptors (Lipinski definition) is 7. The molecule has 13 heteroatoms. The van der Waals surface area contributed by atoms with Gasteiger partial charge in [-0.1, -0.05) is 20.8 Å². The maximum atomic E-state index is 13.4. The number of rotatable bonds is 6. The summed E-state index contributed by atoms with van der Waals surface area (Å²) in [6.45, 7) is 3.82. The predicted octanol–water partition coefficient (Wildman–Crippen LogP) is 2.94. The second-order valence-electron chi connectivity index (χ2n) is 9.08. The first-order chi connectivity index (χ1) is 15.3. The third-order valence-electron chi connectivity index (χ3n) is 4.90. The summed E-state index contributed by atoms with van der Waals surface area (Å²) in [6, 6.07) is 1.43. The van der Waals surface area contributed by atoms with Crippen molar-refractivity contribution in [1.29, 1.82) is 0 Å². The number of ether oxygens (including phenoxy) is 1. The maximum Gasteiger partial charge on any atom is 0.411 e. The summed E-state index contributed by atoms with van der Waals surface area (Å²) < 4.78 is 59.4. The van der Waals surface area contributed by atoms with Crippen LogP contribution >= 0.6 is 0 Å². The van der Waals surface area contributed by atoms with Gasteiger partial charge in [-0.15, -0.1) is 0 Å². The van der Waals surface area contributed by atoms with Gasteiger partial charge in [0.1, 0.15) is 4.90 Å². The molecule has 33 heavy (non-hydrogen) atoms. The van der Waals surface area contributed by atoms with Gasteiger partial charge in [-0.2, -0.15) is 13.9 Å². The molecule has 0 spiro atoms. The van der Waals surface area contributed by atoms with E-state index < -0.39 is 28.6 Å². The summed E-state index contributed by atoms with van der Waals surface area (Å²) in [5.41, 5.74) is 0.441. The van der Waals surface area contributed by atoms with Crippen LogP contribution in [0.4, 0.5) is 25.0 Å². The first-order valence-electron chi connectivity index (χ1n) is 10.2. The second kappa shape index (κ2) is 9.21. The number of pyridine rings is 1. The highest BCUT2D eigenvalue weighted by Gasteiger charge is 2.36. The van der Waals surface area contributed by atoms with E-state index >= 15 is 0 Å². The molecule has 1 aliphatic heterocycles. The average Bonchev–Trinajstić information content (AvgIpc) is 3.14. The van der Waals surface area contributed by atoms with E-state index in [2.05, 4.69) is 15.4 Å². The first kappa shape index (κ1) is 24.8. The van der Waals surface area contributed by atoms with E-state index in [1.807, 2.05) is 20.8 Å². The van der Waals surface area contributed by atoms with Gasteiger partial charge in [0, 0.05) is 19.1 Å². The number of fused-ring (bicyclic) bond motifs is 1. The lowest BCUT2D eigenvalue weighted by Crippen LogP contribution is -2.41. The van der Waals surface area contributed by atoms with Crippen LogP contribution in [0.2, 0.25) is 0 Å². The molecule has 3 heterocycles. The number of aromatic nitrogens is 3. The Balaban J connectivity index is 1.96. The first-order valence-corrected chi connectivity index (χ1v) is 11.7. The van der Waals surface area contributed by atoms with Gasteiger partial charge < -0.3 is 9.84 Å². The van der Waals surface area contributed by atoms with Crippen molar-refractivity contribution in [2.45, 2.75) is 45.6 Å². The van der Waals surface area contributed by atoms with E-state index in [0.717, 1.165) is 10.5 Å². The minimum atomic E-state index is -4.32. The Labute approximate surface area is 190 Å². The number of aryl methyl sites for hydroxylation is 1. The number of nitrogens with zero attached hydrogens (tertiary/aromatic N) is 4. The maximum absolute atomic E-state index is 13.4. The number of aliphatic hydroxyl groups is 1. The van der Waals surface area contributed by atoms with Crippen molar-refractivity contribution in [2.24, 2.45) is 11.3 Å². The number of anilines is 2. The number of carbonyl (C=O) groups excluding carboxylic acids is 1. The molecule has 10 nitrogen and oxygen atoms in total. The molecule has 1 atom stereocenters. The molecule has 2 aromatic heterocycles. The molecule has 0 saturated heterocycles. The molecule has 0 bridgehead atoms. The Morgan fingerprint density at radius 1 is 1.39 bits per heavy atom. The highest BCUT2D eigenvalue weighted by Crippen LogP contribution is 2.35. The SMILES string of the molecule is Cc1nn(C(F)F)cc1S(=O)(=O)N1C[C@@H](CO)Cc2ncc(NC(=O)OCC(C)(C)C)cc21. The molecule has 3 rings (SSSR count). The summed E-state index contributed by atoms with van der Waals surface area (Å²) in [5, 5.41) is 15.8. The molecule has 1 aliphatic rings. The van der Waals surface area contributed by atoms with Crippen LogP contribution in [0, 0.1) is 18.3 Å². The van der Waals surface area contributed by atoms with Gasteiger partial charge in [-0.25, -0.2) is 17.9 Å². The van der Waals surface area contributed by atoms with Crippen LogP contribution in [0.15, 0.2) is 23.4 Å². The summed E-state index contributed by atoms with van der Waals surface area (Å²) in [7, 11) is -4.32. The highest BCUT2D eigenvalue weighted by atomic mass is 32.2. The fourth-order valence-corrected chi connectivity index (χ4v) is 5.03. The van der Waals surface area contributed by atoms with Crippen LogP contribution in [0.5, 0.6) is 0 Å². The van der Waals surface area contributed by atoms with E-state index in [0.29, 0.717) is 12.1 Å². The fraction of sp³-hybridized carbons (Fsp3) is 0.550. The highest BCUT2D eigenvalue weighted by molar-refractivity contribution is 7.92. The van der Waals surface area contributed by atoms with Crippen molar-refractivity contribution in [3.05, 3.63) is 29.8 Å². The monoisotopic (exact) mass is 487 g/mol. The lowest BCUT2D eigenvalue weighted by Gasteiger charge is -2.34. The van der Waals surface area contributed by atoms with E-state index in [9.17, 15) is 27.1 Å². The van der Waals surface area contributed by atoms with Crippen LogP contribution in [0.25, 0.3) is 0 Å². The molecule has 0 radical (unpaired) electrons. The van der Waals surface area contributed by atoms with Crippen molar-refractivity contribution in [1.82, 2.24) is 14.8 Å². The van der Waals surface area contributed by atoms with Crippen molar-refractivity contribution < 1.29 is 31.8 Å². The van der Waals surface area contributed by atoms with E-state index in [1.54, 1.807) is 0 Å². The van der Waals surface area contributed by atoms with Crippen molar-refractivity contribution >= 4 is 27.5 Å². The smallest absolute Gasteiger partial charge is 0.411 e. The van der Waals surface area contributed by atoms with Crippen molar-refractivity contribution in [2.75, 3.05) is 29.4 Å². The number of aliphatic hydroxyl groups excluding tert-OH is 1. The normalized spacial score (nSPS) is 16.6. The standard InChI is InChI=1S/C20H27F2N5O5S/c1-12-17(9-26(25-12)18(21)22)33(30,31)27-8-13(10-28)5-15-16(27)6-14(7-23-15)24-19(29)32-11-20(2,3)4/h6-7,9,13,18,28H,5,8,10-11H2,1-4H3,(H,24,29)/t13-/m0/s1. The lowest BCUT2D eigenvalue weighted by molar-refractivity contribution is 0.0561. The minimum Gasteiger partial charge on any atom is -0.449 e. The lowest BCUT2D eigenvalue weighted by atomic mass is 9.98. The van der Waals surface area contributed by atoms with E-state index in [1.165, 1.54) is 19.2 Å². The average molecular weight is 488 g/mol. The van der Waals surface area contributed by atoms with Gasteiger partial charge in [0.2, 0.25) is 0 Å². The molecule has 0 saturated carbocycles. The van der Waals surface area contributed by atoms with Gasteiger partial charge in [-0.3, -0.25) is 14.6 Å². The number of alkyl halides is 2. The largest absolute Gasteiger partial charge is 0.449 e. The second-order valence-corrected chi connectivity index (χ2v) is 10.9. The molecule has 2 aromatic rings. The van der Waals surface area contributed by atoms with Crippen LogP contribution in [-0.4, -0.2) is 54.1 Å². The Bertz CT molecular complexity index is 1130. The van der Waals surface area contributed by atoms with Gasteiger partial charge in [0.25, 0.3) is 10.0 Å². The molecule has 2 N–H and O–H groups in total. The van der Waals surface area contributed by atoms with E-state index in [4.69, 9.17) is 4.74 Å². The zero-order chi connectivity index (χ0) is 24.6. The van der Waals surface area contributed by atoms with Crippen LogP contribution in [-0.2, 0) is 21.2 Å². The number of amides is 1. The zero-order valence-corrected chi connectivity index (χ0v) is 19.6. The summed E-state index contributed by atoms with van der Waals surface area (Å²) in [4.78, 5) is 16.0. The number of carbonyl (C=O) groups is 1. The predicted molar refractivity (Wildman–Crippen MR) is 116 cm³/mol. The number of nitrogens with one attached hydrogen (secondary N) is 1. The Kier molecular flexibility index (Phi) is 6.93. The quantitative estimate of drug-likeness (QED) is 0.641. The third-order valence-corrected chi connectivity index (χ3v) is 6.79. The van der Waals surface area contributed by atoms with E-state index in [-0.39, 0.29) is 51.8 Å². The molecule has 182 valence electrons. The fourth-order valence-electron chi connectivity index (χ4n) is 3.32. The van der Waals surface area contributed by atoms with Gasteiger partial charge in [0.15, 0.2) is 0 Å². The van der Waals surface area contributed by atoms with Gasteiger partial charge in [-0.05, 0) is 24.8 Å². The minimum absolute atomic E-state index is 0.0871. The van der Waals surface area contributed by atoms with Gasteiger partial charge >= 0.3 is 12.6 Å². The molecule has 0 fully saturated rings.